The van der Waals surface area contributed by atoms with Crippen LogP contribution in [0, 0.1) is 0 Å². The van der Waals surface area contributed by atoms with Gasteiger partial charge >= 0.3 is 0 Å². The van der Waals surface area contributed by atoms with Crippen LogP contribution in [-0.2, 0) is 9.47 Å². The summed E-state index contributed by atoms with van der Waals surface area (Å²) in [5.41, 5.74) is 0. The van der Waals surface area contributed by atoms with Crippen LogP contribution in [0.25, 0.3) is 0 Å². The lowest BCUT2D eigenvalue weighted by atomic mass is 10.1. The summed E-state index contributed by atoms with van der Waals surface area (Å²) in [5, 5.41) is 27.7. The molecule has 13 heavy (non-hydrogen) atoms. The molecule has 5 nitrogen and oxygen atoms in total. The fourth-order valence-corrected chi connectivity index (χ4v) is 1.16. The van der Waals surface area contributed by atoms with Crippen molar-refractivity contribution < 1.29 is 24.8 Å². The fourth-order valence-electron chi connectivity index (χ4n) is 1.16. The van der Waals surface area contributed by atoms with E-state index >= 15 is 0 Å². The predicted octanol–water partition coefficient (Wildman–Crippen LogP) is -1.15. The second-order valence-corrected chi connectivity index (χ2v) is 3.12. The number of hydrogen-bond donors (Lipinski definition) is 3. The van der Waals surface area contributed by atoms with Gasteiger partial charge in [0.15, 0.2) is 6.29 Å². The minimum atomic E-state index is -1.18. The summed E-state index contributed by atoms with van der Waals surface area (Å²) in [6.45, 7) is 2.39. The molecule has 0 spiro atoms. The van der Waals surface area contributed by atoms with Gasteiger partial charge in [0.2, 0.25) is 0 Å². The number of aliphatic hydroxyl groups excluding tert-OH is 3. The topological polar surface area (TPSA) is 79.2 Å². The van der Waals surface area contributed by atoms with Crippen LogP contribution in [0.1, 0.15) is 13.3 Å². The lowest BCUT2D eigenvalue weighted by Crippen LogP contribution is -2.53. The van der Waals surface area contributed by atoms with Gasteiger partial charge in [0.1, 0.15) is 18.3 Å². The van der Waals surface area contributed by atoms with Gasteiger partial charge in [0.05, 0.1) is 6.61 Å². The van der Waals surface area contributed by atoms with E-state index in [1.54, 1.807) is 0 Å². The Hall–Kier alpha value is -0.200. The van der Waals surface area contributed by atoms with Crippen molar-refractivity contribution in [3.05, 3.63) is 0 Å². The molecule has 0 aromatic heterocycles. The zero-order chi connectivity index (χ0) is 9.84. The van der Waals surface area contributed by atoms with Gasteiger partial charge in [-0.25, -0.2) is 0 Å². The molecule has 1 heterocycles. The normalized spacial score (nSPS) is 40.6. The van der Waals surface area contributed by atoms with Gasteiger partial charge in [-0.3, -0.25) is 0 Å². The summed E-state index contributed by atoms with van der Waals surface area (Å²) < 4.78 is 10.1. The third-order valence-corrected chi connectivity index (χ3v) is 1.94. The van der Waals surface area contributed by atoms with Crippen molar-refractivity contribution in [2.45, 2.75) is 37.9 Å². The zero-order valence-electron chi connectivity index (χ0n) is 7.59. The molecule has 0 amide bonds. The van der Waals surface area contributed by atoms with E-state index in [0.717, 1.165) is 6.42 Å². The molecule has 1 aliphatic rings. The summed E-state index contributed by atoms with van der Waals surface area (Å²) in [5.74, 6) is 0. The summed E-state index contributed by atoms with van der Waals surface area (Å²) in [4.78, 5) is 0. The summed E-state index contributed by atoms with van der Waals surface area (Å²) in [6, 6.07) is 0. The molecule has 0 aromatic carbocycles. The third kappa shape index (κ3) is 2.62. The van der Waals surface area contributed by atoms with Crippen molar-refractivity contribution in [1.29, 1.82) is 0 Å². The molecule has 4 atom stereocenters. The van der Waals surface area contributed by atoms with Gasteiger partial charge in [-0.1, -0.05) is 6.92 Å². The molecule has 1 saturated heterocycles. The molecule has 1 fully saturated rings. The Morgan fingerprint density at radius 2 is 2.00 bits per heavy atom. The van der Waals surface area contributed by atoms with E-state index in [2.05, 4.69) is 0 Å². The van der Waals surface area contributed by atoms with Crippen LogP contribution in [0.4, 0.5) is 0 Å². The van der Waals surface area contributed by atoms with E-state index in [0.29, 0.717) is 6.61 Å². The van der Waals surface area contributed by atoms with Crippen LogP contribution in [-0.4, -0.2) is 53.1 Å². The van der Waals surface area contributed by atoms with Crippen molar-refractivity contribution in [2.24, 2.45) is 0 Å². The largest absolute Gasteiger partial charge is 0.388 e. The number of ether oxygens (including phenoxy) is 2. The van der Waals surface area contributed by atoms with Crippen LogP contribution in [0.15, 0.2) is 0 Å². The molecule has 1 aliphatic heterocycles. The van der Waals surface area contributed by atoms with E-state index in [1.165, 1.54) is 0 Å². The summed E-state index contributed by atoms with van der Waals surface area (Å²) in [6.07, 6.45) is -3.40. The van der Waals surface area contributed by atoms with Crippen molar-refractivity contribution in [2.75, 3.05) is 13.2 Å². The molecule has 0 aliphatic carbocycles. The Kier molecular flexibility index (Phi) is 4.08. The summed E-state index contributed by atoms with van der Waals surface area (Å²) in [7, 11) is 0. The van der Waals surface area contributed by atoms with Crippen molar-refractivity contribution >= 4 is 0 Å². The van der Waals surface area contributed by atoms with E-state index in [1.807, 2.05) is 6.92 Å². The molecule has 1 rings (SSSR count). The molecule has 0 radical (unpaired) electrons. The van der Waals surface area contributed by atoms with Gasteiger partial charge < -0.3 is 24.8 Å². The average molecular weight is 192 g/mol. The third-order valence-electron chi connectivity index (χ3n) is 1.94. The molecule has 0 aromatic rings. The SMILES string of the molecule is CCCO[C@H]1OC[C@@H](O)[C@H](O)[C@H]1O. The van der Waals surface area contributed by atoms with E-state index < -0.39 is 24.6 Å². The van der Waals surface area contributed by atoms with Crippen molar-refractivity contribution in [1.82, 2.24) is 0 Å². The van der Waals surface area contributed by atoms with Gasteiger partial charge in [-0.05, 0) is 6.42 Å². The quantitative estimate of drug-likeness (QED) is 0.526. The fraction of sp³-hybridized carbons (Fsp3) is 1.00. The van der Waals surface area contributed by atoms with E-state index in [4.69, 9.17) is 14.6 Å². The van der Waals surface area contributed by atoms with Gasteiger partial charge in [-0.15, -0.1) is 0 Å². The standard InChI is InChI=1S/C8H16O5/c1-2-3-12-8-7(11)6(10)5(9)4-13-8/h5-11H,2-4H2,1H3/t5-,6+,7-,8+/m1/s1. The molecule has 5 heteroatoms. The molecule has 0 saturated carbocycles. The molecule has 78 valence electrons. The molecule has 0 unspecified atom stereocenters. The smallest absolute Gasteiger partial charge is 0.186 e. The molecule has 3 N–H and O–H groups in total. The number of hydrogen-bond acceptors (Lipinski definition) is 5. The lowest BCUT2D eigenvalue weighted by Gasteiger charge is -2.34. The second-order valence-electron chi connectivity index (χ2n) is 3.12. The van der Waals surface area contributed by atoms with Crippen molar-refractivity contribution in [3.8, 4) is 0 Å². The first-order valence-electron chi connectivity index (χ1n) is 4.44. The van der Waals surface area contributed by atoms with Crippen LogP contribution in [0.3, 0.4) is 0 Å². The Morgan fingerprint density at radius 1 is 1.31 bits per heavy atom. The monoisotopic (exact) mass is 192 g/mol. The number of rotatable bonds is 3. The highest BCUT2D eigenvalue weighted by Crippen LogP contribution is 2.16. The Labute approximate surface area is 76.9 Å². The minimum absolute atomic E-state index is 0.00733. The van der Waals surface area contributed by atoms with Crippen LogP contribution < -0.4 is 0 Å². The Morgan fingerprint density at radius 3 is 2.62 bits per heavy atom. The highest BCUT2D eigenvalue weighted by Gasteiger charge is 2.37. The maximum Gasteiger partial charge on any atom is 0.186 e. The van der Waals surface area contributed by atoms with Crippen molar-refractivity contribution in [3.63, 3.8) is 0 Å². The van der Waals surface area contributed by atoms with Crippen LogP contribution >= 0.6 is 0 Å². The van der Waals surface area contributed by atoms with E-state index in [9.17, 15) is 10.2 Å². The first kappa shape index (κ1) is 10.9. The second kappa shape index (κ2) is 4.88. The molecule has 0 bridgehead atoms. The molecular weight excluding hydrogens is 176 g/mol. The van der Waals surface area contributed by atoms with Gasteiger partial charge in [0.25, 0.3) is 0 Å². The number of aliphatic hydroxyl groups is 3. The van der Waals surface area contributed by atoms with Crippen LogP contribution in [0.2, 0.25) is 0 Å². The maximum atomic E-state index is 9.37. The zero-order valence-corrected chi connectivity index (χ0v) is 7.59. The highest BCUT2D eigenvalue weighted by molar-refractivity contribution is 4.82. The van der Waals surface area contributed by atoms with Gasteiger partial charge in [0, 0.05) is 6.61 Å². The average Bonchev–Trinajstić information content (AvgIpc) is 2.13. The molecular formula is C8H16O5. The maximum absolute atomic E-state index is 9.37. The van der Waals surface area contributed by atoms with Gasteiger partial charge in [-0.2, -0.15) is 0 Å². The van der Waals surface area contributed by atoms with Crippen LogP contribution in [0.5, 0.6) is 0 Å². The first-order chi connectivity index (χ1) is 6.16. The minimum Gasteiger partial charge on any atom is -0.388 e. The van der Waals surface area contributed by atoms with E-state index in [-0.39, 0.29) is 6.61 Å². The Balaban J connectivity index is 2.39. The Bertz CT molecular complexity index is 149. The lowest BCUT2D eigenvalue weighted by molar-refractivity contribution is -0.269. The predicted molar refractivity (Wildman–Crippen MR) is 44.0 cm³/mol. The summed E-state index contributed by atoms with van der Waals surface area (Å²) >= 11 is 0. The highest BCUT2D eigenvalue weighted by atomic mass is 16.7. The first-order valence-corrected chi connectivity index (χ1v) is 4.44.